The summed E-state index contributed by atoms with van der Waals surface area (Å²) in [4.78, 5) is 26.0. The predicted octanol–water partition coefficient (Wildman–Crippen LogP) is 3.31. The number of ketones is 1. The fourth-order valence-corrected chi connectivity index (χ4v) is 3.86. The molecule has 0 bridgehead atoms. The van der Waals surface area contributed by atoms with E-state index in [4.69, 9.17) is 11.6 Å². The molecule has 1 N–H and O–H groups in total. The molecule has 0 spiro atoms. The second kappa shape index (κ2) is 7.95. The van der Waals surface area contributed by atoms with Gasteiger partial charge in [-0.1, -0.05) is 17.7 Å². The highest BCUT2D eigenvalue weighted by atomic mass is 35.5. The number of carbonyl (C=O) groups excluding carboxylic acids is 2. The van der Waals surface area contributed by atoms with Crippen molar-refractivity contribution >= 4 is 45.7 Å². The lowest BCUT2D eigenvalue weighted by molar-refractivity contribution is -0.870. The van der Waals surface area contributed by atoms with E-state index in [0.717, 1.165) is 22.0 Å². The van der Waals surface area contributed by atoms with Crippen molar-refractivity contribution in [2.75, 3.05) is 34.2 Å². The number of aromatic nitrogens is 1. The second-order valence-electron chi connectivity index (χ2n) is 7.58. The molecular weight excluding hydrogens is 400 g/mol. The number of benzene rings is 1. The van der Waals surface area contributed by atoms with E-state index in [1.807, 2.05) is 0 Å². The third-order valence-electron chi connectivity index (χ3n) is 4.34. The van der Waals surface area contributed by atoms with Gasteiger partial charge in [-0.2, -0.15) is 0 Å². The largest absolute Gasteiger partial charge is 0.859 e. The number of quaternary nitrogens is 1. The third-order valence-corrected chi connectivity index (χ3v) is 5.45. The van der Waals surface area contributed by atoms with E-state index in [1.54, 1.807) is 35.7 Å². The molecule has 28 heavy (non-hydrogen) atoms. The number of fused-ring (bicyclic) bond motifs is 1. The van der Waals surface area contributed by atoms with Gasteiger partial charge in [0.15, 0.2) is 0 Å². The van der Waals surface area contributed by atoms with Crippen LogP contribution in [0.1, 0.15) is 21.7 Å². The Morgan fingerprint density at radius 3 is 2.71 bits per heavy atom. The van der Waals surface area contributed by atoms with Crippen LogP contribution < -0.4 is 10.4 Å². The van der Waals surface area contributed by atoms with E-state index in [2.05, 4.69) is 26.5 Å². The first-order valence-corrected chi connectivity index (χ1v) is 10.1. The van der Waals surface area contributed by atoms with Gasteiger partial charge in [0.2, 0.25) is 5.78 Å². The number of nitrogens with zero attached hydrogens (tertiary/aromatic N) is 2. The summed E-state index contributed by atoms with van der Waals surface area (Å²) in [7, 11) is 6.22. The standard InChI is InChI=1S/C20H22ClN3O3S/c1-24(2,3)10-5-9-22-20(27)23-15-8-7-13(21)12-14(15)17(19(23)26)18(25)16-6-4-11-28-16/h4,6-8,11-12H,5,9-10H2,1-3H3,(H-,22,25,26,27)/i18+2. The summed E-state index contributed by atoms with van der Waals surface area (Å²) < 4.78 is 1.81. The number of hydrogen-bond acceptors (Lipinski definition) is 4. The number of nitrogens with one attached hydrogen (secondary N) is 1. The Morgan fingerprint density at radius 1 is 1.32 bits per heavy atom. The van der Waals surface area contributed by atoms with Crippen LogP contribution in [0.25, 0.3) is 10.9 Å². The molecule has 0 aliphatic heterocycles. The fourth-order valence-electron chi connectivity index (χ4n) is 3.02. The molecule has 0 saturated carbocycles. The number of carbonyl (C=O) groups is 2. The summed E-state index contributed by atoms with van der Waals surface area (Å²) in [5.74, 6) is -1.02. The summed E-state index contributed by atoms with van der Waals surface area (Å²) >= 11 is 7.34. The van der Waals surface area contributed by atoms with Gasteiger partial charge < -0.3 is 14.9 Å². The summed E-state index contributed by atoms with van der Waals surface area (Å²) in [5, 5.41) is 18.3. The van der Waals surface area contributed by atoms with Crippen LogP contribution in [0, 0.1) is 0 Å². The van der Waals surface area contributed by atoms with Crippen molar-refractivity contribution in [1.29, 1.82) is 0 Å². The number of rotatable bonds is 6. The molecule has 3 rings (SSSR count). The van der Waals surface area contributed by atoms with Crippen LogP contribution in [0.3, 0.4) is 0 Å². The monoisotopic (exact) mass is 421 g/mol. The maximum Gasteiger partial charge on any atom is 0.325 e. The molecular formula is C20H22ClN3O3S. The average molecular weight is 422 g/mol. The van der Waals surface area contributed by atoms with Crippen LogP contribution in [-0.4, -0.2) is 55.1 Å². The van der Waals surface area contributed by atoms with Crippen molar-refractivity contribution in [3.63, 3.8) is 0 Å². The lowest BCUT2D eigenvalue weighted by Crippen LogP contribution is -2.38. The van der Waals surface area contributed by atoms with Gasteiger partial charge in [-0.05, 0) is 35.5 Å². The number of hydrogen-bond donors (Lipinski definition) is 1. The second-order valence-corrected chi connectivity index (χ2v) is 8.97. The van der Waals surface area contributed by atoms with Gasteiger partial charge in [0.25, 0.3) is 0 Å². The zero-order valence-corrected chi connectivity index (χ0v) is 17.6. The van der Waals surface area contributed by atoms with Gasteiger partial charge in [0, 0.05) is 28.9 Å². The van der Waals surface area contributed by atoms with Crippen LogP contribution in [0.2, 0.25) is 5.02 Å². The van der Waals surface area contributed by atoms with Crippen LogP contribution >= 0.6 is 22.9 Å². The Labute approximate surface area is 172 Å². The van der Waals surface area contributed by atoms with E-state index in [-0.39, 0.29) is 5.56 Å². The molecule has 0 fully saturated rings. The Bertz CT molecular complexity index is 1020. The van der Waals surface area contributed by atoms with E-state index < -0.39 is 17.7 Å². The number of halogens is 1. The molecule has 1 amide bonds. The minimum atomic E-state index is -0.625. The highest BCUT2D eigenvalue weighted by molar-refractivity contribution is 7.12. The molecule has 0 aliphatic rings. The first kappa shape index (κ1) is 20.4. The highest BCUT2D eigenvalue weighted by Gasteiger charge is 2.22. The molecule has 6 nitrogen and oxygen atoms in total. The molecule has 0 unspecified atom stereocenters. The normalized spacial score (nSPS) is 11.7. The van der Waals surface area contributed by atoms with Crippen molar-refractivity contribution in [2.45, 2.75) is 6.42 Å². The van der Waals surface area contributed by atoms with Crippen LogP contribution in [-0.2, 0) is 0 Å². The van der Waals surface area contributed by atoms with E-state index in [0.29, 0.717) is 27.3 Å². The van der Waals surface area contributed by atoms with Crippen molar-refractivity contribution in [3.8, 4) is 5.88 Å². The quantitative estimate of drug-likeness (QED) is 0.377. The SMILES string of the molecule is C[N+](C)(C)CCCNC(=O)n1c([O-])c([14C](=O)c2cccs2)c2cc(Cl)ccc21. The molecule has 3 aromatic rings. The van der Waals surface area contributed by atoms with E-state index >= 15 is 0 Å². The van der Waals surface area contributed by atoms with E-state index in [9.17, 15) is 14.7 Å². The smallest absolute Gasteiger partial charge is 0.325 e. The van der Waals surface area contributed by atoms with Crippen molar-refractivity contribution in [3.05, 3.63) is 51.2 Å². The summed E-state index contributed by atoms with van der Waals surface area (Å²) in [6, 6.07) is 7.61. The van der Waals surface area contributed by atoms with Gasteiger partial charge in [-0.3, -0.25) is 9.36 Å². The molecule has 0 radical (unpaired) electrons. The maximum absolute atomic E-state index is 13.0. The van der Waals surface area contributed by atoms with Gasteiger partial charge in [0.05, 0.1) is 38.1 Å². The summed E-state index contributed by atoms with van der Waals surface area (Å²) in [5.41, 5.74) is 0.347. The first-order valence-electron chi connectivity index (χ1n) is 8.87. The molecule has 8 heteroatoms. The zero-order valence-electron chi connectivity index (χ0n) is 16.0. The zero-order chi connectivity index (χ0) is 20.5. The van der Waals surface area contributed by atoms with E-state index in [1.165, 1.54) is 11.3 Å². The van der Waals surface area contributed by atoms with Crippen molar-refractivity contribution in [2.24, 2.45) is 0 Å². The van der Waals surface area contributed by atoms with Crippen LogP contribution in [0.5, 0.6) is 5.88 Å². The lowest BCUT2D eigenvalue weighted by atomic mass is 10.2. The Hall–Kier alpha value is -2.35. The molecule has 2 heterocycles. The Morgan fingerprint density at radius 2 is 2.07 bits per heavy atom. The van der Waals surface area contributed by atoms with Crippen LogP contribution in [0.15, 0.2) is 35.7 Å². The first-order chi connectivity index (χ1) is 13.2. The Balaban J connectivity index is 1.96. The summed E-state index contributed by atoms with van der Waals surface area (Å²) in [6.07, 6.45) is 0.773. The van der Waals surface area contributed by atoms with Gasteiger partial charge in [-0.25, -0.2) is 4.79 Å². The Kier molecular flexibility index (Phi) is 5.79. The maximum atomic E-state index is 13.0. The summed E-state index contributed by atoms with van der Waals surface area (Å²) in [6.45, 7) is 1.32. The molecule has 148 valence electrons. The molecule has 0 saturated heterocycles. The van der Waals surface area contributed by atoms with Gasteiger partial charge in [0.1, 0.15) is 0 Å². The molecule has 2 aromatic heterocycles. The molecule has 0 atom stereocenters. The minimum absolute atomic E-state index is 0.0264. The molecule has 0 aliphatic carbocycles. The lowest BCUT2D eigenvalue weighted by Gasteiger charge is -2.23. The predicted molar refractivity (Wildman–Crippen MR) is 110 cm³/mol. The van der Waals surface area contributed by atoms with Gasteiger partial charge >= 0.3 is 6.03 Å². The number of thiophene rings is 1. The minimum Gasteiger partial charge on any atom is -0.859 e. The highest BCUT2D eigenvalue weighted by Crippen LogP contribution is 2.33. The topological polar surface area (TPSA) is 74.2 Å². The average Bonchev–Trinajstić information content (AvgIpc) is 3.23. The van der Waals surface area contributed by atoms with Crippen molar-refractivity contribution in [1.82, 2.24) is 9.88 Å². The number of amides is 1. The van der Waals surface area contributed by atoms with Crippen LogP contribution in [0.4, 0.5) is 4.79 Å². The van der Waals surface area contributed by atoms with Gasteiger partial charge in [-0.15, -0.1) is 11.3 Å². The fraction of sp³-hybridized carbons (Fsp3) is 0.300. The molecule has 1 aromatic carbocycles. The van der Waals surface area contributed by atoms with Crippen molar-refractivity contribution < 1.29 is 19.2 Å². The third kappa shape index (κ3) is 4.22.